The van der Waals surface area contributed by atoms with E-state index in [0.29, 0.717) is 13.2 Å². The molecule has 2 aromatic carbocycles. The Morgan fingerprint density at radius 1 is 0.947 bits per heavy atom. The molecule has 0 atom stereocenters. The average Bonchev–Trinajstić information content (AvgIpc) is 2.42. The molecule has 0 aliphatic carbocycles. The third-order valence-corrected chi connectivity index (χ3v) is 3.84. The van der Waals surface area contributed by atoms with Crippen LogP contribution in [0, 0.1) is 0 Å². The minimum absolute atomic E-state index is 0.644. The molecule has 100 valence electrons. The molecule has 0 spiro atoms. The van der Waals surface area contributed by atoms with Crippen LogP contribution in [0.1, 0.15) is 5.56 Å². The predicted octanol–water partition coefficient (Wildman–Crippen LogP) is 4.84. The van der Waals surface area contributed by atoms with E-state index in [0.717, 1.165) is 21.2 Å². The van der Waals surface area contributed by atoms with E-state index >= 15 is 0 Å². The Kier molecular flexibility index (Phi) is 5.89. The van der Waals surface area contributed by atoms with Crippen LogP contribution in [0.2, 0.25) is 0 Å². The molecule has 2 rings (SSSR count). The number of benzene rings is 2. The van der Waals surface area contributed by atoms with Gasteiger partial charge in [-0.3, -0.25) is 0 Å². The number of hydrogen-bond acceptors (Lipinski definition) is 2. The Morgan fingerprint density at radius 3 is 2.42 bits per heavy atom. The van der Waals surface area contributed by atoms with Crippen molar-refractivity contribution in [3.63, 3.8) is 0 Å². The van der Waals surface area contributed by atoms with Gasteiger partial charge in [-0.05, 0) is 45.8 Å². The van der Waals surface area contributed by atoms with Crippen molar-refractivity contribution < 1.29 is 4.74 Å². The summed E-state index contributed by atoms with van der Waals surface area (Å²) in [6.07, 6.45) is 0. The minimum Gasteiger partial charge on any atom is -0.382 e. The van der Waals surface area contributed by atoms with Crippen molar-refractivity contribution >= 4 is 37.5 Å². The van der Waals surface area contributed by atoms with Crippen LogP contribution in [-0.4, -0.2) is 13.2 Å². The van der Waals surface area contributed by atoms with Gasteiger partial charge in [0.05, 0.1) is 13.2 Å². The first kappa shape index (κ1) is 14.6. The second-order valence-corrected chi connectivity index (χ2v) is 5.86. The van der Waals surface area contributed by atoms with Crippen molar-refractivity contribution in [3.8, 4) is 0 Å². The smallest absolute Gasteiger partial charge is 0.0717 e. The quantitative estimate of drug-likeness (QED) is 0.719. The number of anilines is 1. The molecule has 0 radical (unpaired) electrons. The molecule has 0 heterocycles. The Morgan fingerprint density at radius 2 is 1.68 bits per heavy atom. The molecule has 19 heavy (non-hydrogen) atoms. The van der Waals surface area contributed by atoms with E-state index in [2.05, 4.69) is 49.3 Å². The summed E-state index contributed by atoms with van der Waals surface area (Å²) in [6, 6.07) is 16.2. The first-order valence-corrected chi connectivity index (χ1v) is 7.65. The lowest BCUT2D eigenvalue weighted by Crippen LogP contribution is -2.09. The number of rotatable bonds is 6. The van der Waals surface area contributed by atoms with E-state index in [4.69, 9.17) is 4.74 Å². The summed E-state index contributed by atoms with van der Waals surface area (Å²) >= 11 is 6.92. The fraction of sp³-hybridized carbons (Fsp3) is 0.200. The predicted molar refractivity (Wildman–Crippen MR) is 86.4 cm³/mol. The molecule has 0 amide bonds. The Hall–Kier alpha value is -0.840. The molecular formula is C15H15Br2NO. The van der Waals surface area contributed by atoms with E-state index in [1.165, 1.54) is 5.56 Å². The normalized spacial score (nSPS) is 10.4. The van der Waals surface area contributed by atoms with E-state index < -0.39 is 0 Å². The molecule has 2 aromatic rings. The van der Waals surface area contributed by atoms with Gasteiger partial charge in [-0.25, -0.2) is 0 Å². The second kappa shape index (κ2) is 7.68. The number of hydrogen-bond donors (Lipinski definition) is 1. The fourth-order valence-electron chi connectivity index (χ4n) is 1.63. The monoisotopic (exact) mass is 383 g/mol. The van der Waals surface area contributed by atoms with Crippen molar-refractivity contribution in [3.05, 3.63) is 63.0 Å². The first-order valence-electron chi connectivity index (χ1n) is 6.06. The maximum absolute atomic E-state index is 5.63. The number of para-hydroxylation sites is 1. The summed E-state index contributed by atoms with van der Waals surface area (Å²) in [6.45, 7) is 2.11. The molecule has 0 fully saturated rings. The third kappa shape index (κ3) is 4.97. The van der Waals surface area contributed by atoms with Gasteiger partial charge in [0.2, 0.25) is 0 Å². The van der Waals surface area contributed by atoms with Gasteiger partial charge in [-0.1, -0.05) is 40.2 Å². The lowest BCUT2D eigenvalue weighted by atomic mass is 10.2. The fourth-order valence-corrected chi connectivity index (χ4v) is 2.32. The van der Waals surface area contributed by atoms with Crippen LogP contribution in [0.15, 0.2) is 57.5 Å². The molecule has 0 unspecified atom stereocenters. The van der Waals surface area contributed by atoms with E-state index in [1.807, 2.05) is 36.4 Å². The molecule has 0 aliphatic heterocycles. The highest BCUT2D eigenvalue weighted by molar-refractivity contribution is 9.10. The van der Waals surface area contributed by atoms with Crippen LogP contribution < -0.4 is 5.32 Å². The summed E-state index contributed by atoms with van der Waals surface area (Å²) in [5.74, 6) is 0. The van der Waals surface area contributed by atoms with Crippen molar-refractivity contribution in [2.45, 2.75) is 6.61 Å². The van der Waals surface area contributed by atoms with Gasteiger partial charge in [0, 0.05) is 21.2 Å². The Balaban J connectivity index is 1.67. The average molecular weight is 385 g/mol. The molecule has 0 aliphatic rings. The molecule has 0 saturated heterocycles. The zero-order valence-corrected chi connectivity index (χ0v) is 13.6. The van der Waals surface area contributed by atoms with Gasteiger partial charge in [0.1, 0.15) is 0 Å². The summed E-state index contributed by atoms with van der Waals surface area (Å²) < 4.78 is 7.79. The van der Waals surface area contributed by atoms with Crippen LogP contribution in [0.3, 0.4) is 0 Å². The molecule has 0 saturated carbocycles. The lowest BCUT2D eigenvalue weighted by molar-refractivity contribution is 0.130. The van der Waals surface area contributed by atoms with Gasteiger partial charge in [-0.15, -0.1) is 0 Å². The maximum atomic E-state index is 5.63. The second-order valence-electron chi connectivity index (χ2n) is 4.09. The van der Waals surface area contributed by atoms with Crippen molar-refractivity contribution in [1.29, 1.82) is 0 Å². The zero-order chi connectivity index (χ0) is 13.5. The molecule has 4 heteroatoms. The van der Waals surface area contributed by atoms with Gasteiger partial charge in [0.15, 0.2) is 0 Å². The standard InChI is InChI=1S/C15H15Br2NO/c16-13-7-5-12(6-8-13)11-19-10-9-18-15-4-2-1-3-14(15)17/h1-8,18H,9-11H2. The highest BCUT2D eigenvalue weighted by atomic mass is 79.9. The topological polar surface area (TPSA) is 21.3 Å². The number of nitrogens with one attached hydrogen (secondary N) is 1. The minimum atomic E-state index is 0.644. The van der Waals surface area contributed by atoms with Crippen LogP contribution in [0.25, 0.3) is 0 Å². The Labute approximate surface area is 130 Å². The highest BCUT2D eigenvalue weighted by Crippen LogP contribution is 2.20. The lowest BCUT2D eigenvalue weighted by Gasteiger charge is -2.09. The van der Waals surface area contributed by atoms with E-state index in [9.17, 15) is 0 Å². The summed E-state index contributed by atoms with van der Waals surface area (Å²) in [7, 11) is 0. The summed E-state index contributed by atoms with van der Waals surface area (Å²) in [5.41, 5.74) is 2.28. The van der Waals surface area contributed by atoms with Crippen molar-refractivity contribution in [2.24, 2.45) is 0 Å². The SMILES string of the molecule is Brc1ccc(COCCNc2ccccc2Br)cc1. The van der Waals surface area contributed by atoms with Gasteiger partial charge >= 0.3 is 0 Å². The van der Waals surface area contributed by atoms with Crippen LogP contribution in [-0.2, 0) is 11.3 Å². The molecular weight excluding hydrogens is 370 g/mol. The molecule has 0 bridgehead atoms. The van der Waals surface area contributed by atoms with E-state index in [1.54, 1.807) is 0 Å². The number of ether oxygens (including phenoxy) is 1. The van der Waals surface area contributed by atoms with Crippen molar-refractivity contribution in [2.75, 3.05) is 18.5 Å². The Bertz CT molecular complexity index is 514. The van der Waals surface area contributed by atoms with Crippen LogP contribution >= 0.6 is 31.9 Å². The van der Waals surface area contributed by atoms with Gasteiger partial charge < -0.3 is 10.1 Å². The van der Waals surface area contributed by atoms with Gasteiger partial charge in [-0.2, -0.15) is 0 Å². The number of halogens is 2. The highest BCUT2D eigenvalue weighted by Gasteiger charge is 1.97. The van der Waals surface area contributed by atoms with Gasteiger partial charge in [0.25, 0.3) is 0 Å². The third-order valence-electron chi connectivity index (χ3n) is 2.62. The van der Waals surface area contributed by atoms with Crippen molar-refractivity contribution in [1.82, 2.24) is 0 Å². The molecule has 0 aromatic heterocycles. The zero-order valence-electron chi connectivity index (χ0n) is 10.4. The van der Waals surface area contributed by atoms with Crippen LogP contribution in [0.4, 0.5) is 5.69 Å². The largest absolute Gasteiger partial charge is 0.382 e. The van der Waals surface area contributed by atoms with Crippen LogP contribution in [0.5, 0.6) is 0 Å². The molecule has 2 nitrogen and oxygen atoms in total. The summed E-state index contributed by atoms with van der Waals surface area (Å²) in [5, 5.41) is 3.33. The summed E-state index contributed by atoms with van der Waals surface area (Å²) in [4.78, 5) is 0. The maximum Gasteiger partial charge on any atom is 0.0717 e. The van der Waals surface area contributed by atoms with E-state index in [-0.39, 0.29) is 0 Å². The molecule has 1 N–H and O–H groups in total. The first-order chi connectivity index (χ1) is 9.25.